The number of aromatic nitrogens is 2. The van der Waals surface area contributed by atoms with E-state index in [4.69, 9.17) is 10.5 Å². The van der Waals surface area contributed by atoms with E-state index in [0.29, 0.717) is 22.8 Å². The van der Waals surface area contributed by atoms with E-state index in [1.807, 2.05) is 0 Å². The van der Waals surface area contributed by atoms with Gasteiger partial charge in [-0.2, -0.15) is 15.6 Å². The standard InChI is InChI=1S/C20H14N6O2S/c21-13-17(14-22)29(27,28)16-7-5-6-15(12-16)20(18-8-1-3-10-23-18)26-25-19-9-2-4-11-24-19/h1-12,17H,(H,24,25)/b26-20-. The number of nitriles is 2. The molecule has 29 heavy (non-hydrogen) atoms. The van der Waals surface area contributed by atoms with E-state index in [9.17, 15) is 8.42 Å². The lowest BCUT2D eigenvalue weighted by Gasteiger charge is -2.10. The maximum absolute atomic E-state index is 12.6. The highest BCUT2D eigenvalue weighted by Gasteiger charge is 2.28. The lowest BCUT2D eigenvalue weighted by molar-refractivity contribution is 0.595. The van der Waals surface area contributed by atoms with Gasteiger partial charge < -0.3 is 0 Å². The molecule has 0 spiro atoms. The molecule has 0 atom stereocenters. The normalized spacial score (nSPS) is 11.5. The predicted octanol–water partition coefficient (Wildman–Crippen LogP) is 2.53. The zero-order chi connectivity index (χ0) is 20.7. The molecule has 8 nitrogen and oxygen atoms in total. The number of sulfone groups is 1. The molecule has 0 saturated heterocycles. The first-order chi connectivity index (χ1) is 14.1. The maximum atomic E-state index is 12.6. The molecular weight excluding hydrogens is 388 g/mol. The molecule has 1 N–H and O–H groups in total. The van der Waals surface area contributed by atoms with E-state index < -0.39 is 15.1 Å². The fourth-order valence-electron chi connectivity index (χ4n) is 2.44. The second-order valence-electron chi connectivity index (χ2n) is 5.71. The van der Waals surface area contributed by atoms with Crippen LogP contribution in [-0.4, -0.2) is 29.3 Å². The first-order valence-electron chi connectivity index (χ1n) is 8.36. The second-order valence-corrected chi connectivity index (χ2v) is 7.75. The van der Waals surface area contributed by atoms with Crippen LogP contribution in [0.3, 0.4) is 0 Å². The minimum Gasteiger partial charge on any atom is -0.261 e. The average molecular weight is 402 g/mol. The Labute approximate surface area is 167 Å². The molecule has 0 unspecified atom stereocenters. The zero-order valence-corrected chi connectivity index (χ0v) is 15.8. The Morgan fingerprint density at radius 1 is 0.966 bits per heavy atom. The molecule has 0 fully saturated rings. The zero-order valence-electron chi connectivity index (χ0n) is 15.0. The molecule has 0 saturated carbocycles. The molecule has 0 bridgehead atoms. The van der Waals surface area contributed by atoms with Gasteiger partial charge in [-0.15, -0.1) is 0 Å². The molecule has 1 aromatic carbocycles. The Balaban J connectivity index is 2.08. The molecule has 0 aliphatic heterocycles. The van der Waals surface area contributed by atoms with Crippen LogP contribution in [0.1, 0.15) is 11.3 Å². The summed E-state index contributed by atoms with van der Waals surface area (Å²) in [5, 5.41) is 20.5. The molecule has 0 aliphatic rings. The van der Waals surface area contributed by atoms with Gasteiger partial charge in [0.05, 0.1) is 22.7 Å². The number of rotatable bonds is 6. The number of hydrogen-bond acceptors (Lipinski definition) is 8. The molecule has 2 heterocycles. The molecule has 0 amide bonds. The van der Waals surface area contributed by atoms with Crippen molar-refractivity contribution < 1.29 is 8.42 Å². The number of nitrogens with one attached hydrogen (secondary N) is 1. The van der Waals surface area contributed by atoms with E-state index in [0.717, 1.165) is 0 Å². The van der Waals surface area contributed by atoms with Crippen LogP contribution in [0.2, 0.25) is 0 Å². The van der Waals surface area contributed by atoms with E-state index in [1.54, 1.807) is 54.9 Å². The SMILES string of the molecule is N#CC(C#N)S(=O)(=O)c1cccc(/C(=N/Nc2ccccn2)c2ccccn2)c1. The molecule has 9 heteroatoms. The summed E-state index contributed by atoms with van der Waals surface area (Å²) < 4.78 is 25.1. The van der Waals surface area contributed by atoms with Crippen LogP contribution < -0.4 is 5.43 Å². The Morgan fingerprint density at radius 2 is 1.69 bits per heavy atom. The Hall–Kier alpha value is -4.08. The highest BCUT2D eigenvalue weighted by molar-refractivity contribution is 7.92. The van der Waals surface area contributed by atoms with E-state index in [1.165, 1.54) is 30.3 Å². The fraction of sp³-hybridized carbons (Fsp3) is 0.0500. The van der Waals surface area contributed by atoms with Gasteiger partial charge in [0, 0.05) is 18.0 Å². The fourth-order valence-corrected chi connectivity index (χ4v) is 3.55. The lowest BCUT2D eigenvalue weighted by Crippen LogP contribution is -2.18. The van der Waals surface area contributed by atoms with Crippen LogP contribution in [0.4, 0.5) is 5.82 Å². The number of anilines is 1. The summed E-state index contributed by atoms with van der Waals surface area (Å²) in [6.45, 7) is 0. The van der Waals surface area contributed by atoms with Crippen molar-refractivity contribution in [3.63, 3.8) is 0 Å². The minimum absolute atomic E-state index is 0.149. The van der Waals surface area contributed by atoms with Crippen LogP contribution in [0.15, 0.2) is 83.1 Å². The van der Waals surface area contributed by atoms with Crippen molar-refractivity contribution in [2.75, 3.05) is 5.43 Å². The third kappa shape index (κ3) is 4.43. The van der Waals surface area contributed by atoms with Gasteiger partial charge in [-0.05, 0) is 36.4 Å². The number of pyridine rings is 2. The molecule has 2 aromatic heterocycles. The van der Waals surface area contributed by atoms with Gasteiger partial charge >= 0.3 is 0 Å². The minimum atomic E-state index is -4.14. The summed E-state index contributed by atoms with van der Waals surface area (Å²) >= 11 is 0. The third-order valence-electron chi connectivity index (χ3n) is 3.84. The topological polar surface area (TPSA) is 132 Å². The van der Waals surface area contributed by atoms with Gasteiger partial charge in [-0.1, -0.05) is 24.3 Å². The Morgan fingerprint density at radius 3 is 2.31 bits per heavy atom. The monoisotopic (exact) mass is 402 g/mol. The van der Waals surface area contributed by atoms with Crippen LogP contribution >= 0.6 is 0 Å². The van der Waals surface area contributed by atoms with Gasteiger partial charge in [0.15, 0.2) is 0 Å². The molecule has 0 radical (unpaired) electrons. The van der Waals surface area contributed by atoms with E-state index in [-0.39, 0.29) is 4.90 Å². The summed E-state index contributed by atoms with van der Waals surface area (Å²) in [6, 6.07) is 19.4. The smallest absolute Gasteiger partial charge is 0.237 e. The second kappa shape index (κ2) is 8.74. The average Bonchev–Trinajstić information content (AvgIpc) is 2.76. The highest BCUT2D eigenvalue weighted by Crippen LogP contribution is 2.19. The van der Waals surface area contributed by atoms with Gasteiger partial charge in [0.2, 0.25) is 15.1 Å². The van der Waals surface area contributed by atoms with Crippen LogP contribution in [-0.2, 0) is 9.84 Å². The van der Waals surface area contributed by atoms with Crippen molar-refractivity contribution >= 4 is 21.4 Å². The summed E-state index contributed by atoms with van der Waals surface area (Å²) in [7, 11) is -4.14. The van der Waals surface area contributed by atoms with Crippen LogP contribution in [0.25, 0.3) is 0 Å². The van der Waals surface area contributed by atoms with Crippen molar-refractivity contribution in [2.45, 2.75) is 10.1 Å². The van der Waals surface area contributed by atoms with E-state index >= 15 is 0 Å². The van der Waals surface area contributed by atoms with Crippen molar-refractivity contribution in [1.29, 1.82) is 10.5 Å². The lowest BCUT2D eigenvalue weighted by atomic mass is 10.1. The number of benzene rings is 1. The van der Waals surface area contributed by atoms with Gasteiger partial charge in [0.1, 0.15) is 11.5 Å². The van der Waals surface area contributed by atoms with Crippen molar-refractivity contribution in [3.8, 4) is 12.1 Å². The van der Waals surface area contributed by atoms with Crippen LogP contribution in [0.5, 0.6) is 0 Å². The summed E-state index contributed by atoms with van der Waals surface area (Å²) in [5.41, 5.74) is 4.15. The third-order valence-corrected chi connectivity index (χ3v) is 5.58. The molecular formula is C20H14N6O2S. The molecule has 142 valence electrons. The van der Waals surface area contributed by atoms with Gasteiger partial charge in [0.25, 0.3) is 0 Å². The molecule has 3 aromatic rings. The number of hydrogen-bond donors (Lipinski definition) is 1. The first-order valence-corrected chi connectivity index (χ1v) is 9.90. The van der Waals surface area contributed by atoms with Gasteiger partial charge in [-0.3, -0.25) is 10.4 Å². The van der Waals surface area contributed by atoms with Crippen molar-refractivity contribution in [2.24, 2.45) is 5.10 Å². The Bertz CT molecular complexity index is 1200. The van der Waals surface area contributed by atoms with E-state index in [2.05, 4.69) is 20.5 Å². The largest absolute Gasteiger partial charge is 0.261 e. The predicted molar refractivity (Wildman–Crippen MR) is 106 cm³/mol. The Kier molecular flexibility index (Phi) is 5.93. The quantitative estimate of drug-likeness (QED) is 0.495. The number of hydrazone groups is 1. The first kappa shape index (κ1) is 19.7. The highest BCUT2D eigenvalue weighted by atomic mass is 32.2. The van der Waals surface area contributed by atoms with Crippen molar-refractivity contribution in [3.05, 3.63) is 84.3 Å². The van der Waals surface area contributed by atoms with Gasteiger partial charge in [-0.25, -0.2) is 13.4 Å². The maximum Gasteiger partial charge on any atom is 0.237 e. The molecule has 0 aliphatic carbocycles. The van der Waals surface area contributed by atoms with Crippen molar-refractivity contribution in [1.82, 2.24) is 9.97 Å². The van der Waals surface area contributed by atoms with Crippen LogP contribution in [0, 0.1) is 22.7 Å². The summed E-state index contributed by atoms with van der Waals surface area (Å²) in [5.74, 6) is 0.499. The number of nitrogens with zero attached hydrogens (tertiary/aromatic N) is 5. The molecule has 3 rings (SSSR count). The summed E-state index contributed by atoms with van der Waals surface area (Å²) in [4.78, 5) is 8.27. The summed E-state index contributed by atoms with van der Waals surface area (Å²) in [6.07, 6.45) is 3.20.